The first kappa shape index (κ1) is 29.7. The van der Waals surface area contributed by atoms with Crippen LogP contribution in [0, 0.1) is 0 Å². The maximum absolute atomic E-state index is 12.3. The molecule has 13 nitrogen and oxygen atoms in total. The average Bonchev–Trinajstić information content (AvgIpc) is 2.84. The minimum absolute atomic E-state index is 0.0242. The average molecular weight is 509 g/mol. The fraction of sp³-hybridized carbons (Fsp3) is 0.773. The van der Waals surface area contributed by atoms with Gasteiger partial charge < -0.3 is 59.8 Å². The van der Waals surface area contributed by atoms with Gasteiger partial charge >= 0.3 is 5.97 Å². The van der Waals surface area contributed by atoms with Gasteiger partial charge in [0, 0.05) is 5.57 Å². The summed E-state index contributed by atoms with van der Waals surface area (Å²) in [6, 6.07) is 0. The lowest BCUT2D eigenvalue weighted by Crippen LogP contribution is -2.59. The first-order valence-corrected chi connectivity index (χ1v) is 11.3. The third-order valence-electron chi connectivity index (χ3n) is 5.92. The minimum Gasteiger partial charge on any atom is -0.429 e. The molecule has 2 saturated heterocycles. The third kappa shape index (κ3) is 7.74. The Morgan fingerprint density at radius 1 is 0.771 bits per heavy atom. The molecule has 2 aliphatic rings. The van der Waals surface area contributed by atoms with E-state index < -0.39 is 80.6 Å². The van der Waals surface area contributed by atoms with Crippen molar-refractivity contribution in [1.29, 1.82) is 0 Å². The van der Waals surface area contributed by atoms with Gasteiger partial charge in [-0.3, -0.25) is 0 Å². The zero-order valence-electron chi connectivity index (χ0n) is 19.6. The highest BCUT2D eigenvalue weighted by Gasteiger charge is 2.45. The number of carbonyl (C=O) groups excluding carboxylic acids is 1. The minimum atomic E-state index is -1.68. The molecule has 0 amide bonds. The fourth-order valence-corrected chi connectivity index (χ4v) is 3.56. The smallest absolute Gasteiger partial charge is 0.335 e. The van der Waals surface area contributed by atoms with E-state index in [0.717, 1.165) is 5.57 Å². The molecule has 10 atom stereocenters. The van der Waals surface area contributed by atoms with E-state index in [9.17, 15) is 45.6 Å². The molecule has 202 valence electrons. The Kier molecular flexibility index (Phi) is 11.7. The van der Waals surface area contributed by atoms with Crippen molar-refractivity contribution in [3.05, 3.63) is 23.3 Å². The molecule has 2 rings (SSSR count). The zero-order valence-corrected chi connectivity index (χ0v) is 19.6. The first-order valence-electron chi connectivity index (χ1n) is 11.3. The van der Waals surface area contributed by atoms with E-state index >= 15 is 0 Å². The first-order chi connectivity index (χ1) is 16.5. The van der Waals surface area contributed by atoms with Crippen LogP contribution in [0.25, 0.3) is 0 Å². The Balaban J connectivity index is 1.79. The summed E-state index contributed by atoms with van der Waals surface area (Å²) in [7, 11) is 0. The second-order valence-electron chi connectivity index (χ2n) is 8.61. The SMILES string of the molecule is C/C(=C\CO[C@@H]1O[C@H](CO)[C@@H](O)[C@H](O)[C@H]1O)CC/C=C(\C)C(=O)O[C@@H]1O[C@H](CO)[C@@H](O)[C@H](O)[C@H]1O. The zero-order chi connectivity index (χ0) is 26.3. The second kappa shape index (κ2) is 13.7. The maximum atomic E-state index is 12.3. The van der Waals surface area contributed by atoms with Crippen molar-refractivity contribution in [1.82, 2.24) is 0 Å². The van der Waals surface area contributed by atoms with Gasteiger partial charge in [0.05, 0.1) is 19.8 Å². The van der Waals surface area contributed by atoms with E-state index in [2.05, 4.69) is 0 Å². The molecule has 0 unspecified atom stereocenters. The van der Waals surface area contributed by atoms with Crippen LogP contribution >= 0.6 is 0 Å². The monoisotopic (exact) mass is 508 g/mol. The number of aliphatic hydroxyl groups is 8. The normalized spacial score (nSPS) is 38.9. The standard InChI is InChI=1S/C22H36O13/c1-10(6-7-32-21-18(29)16(27)14(25)12(8-23)33-21)4-3-5-11(2)20(31)35-22-19(30)17(28)15(26)13(9-24)34-22/h5-6,12-19,21-30H,3-4,7-9H2,1-2H3/b10-6+,11-5+/t12-,13-,14-,15-,16+,17+,18-,19-,21-,22+/m1/s1. The molecule has 2 aliphatic heterocycles. The number of esters is 1. The summed E-state index contributed by atoms with van der Waals surface area (Å²) in [5, 5.41) is 77.4. The lowest BCUT2D eigenvalue weighted by atomic mass is 9.99. The number of aliphatic hydroxyl groups excluding tert-OH is 8. The van der Waals surface area contributed by atoms with Gasteiger partial charge in [0.15, 0.2) is 6.29 Å². The van der Waals surface area contributed by atoms with Crippen LogP contribution in [-0.2, 0) is 23.7 Å². The highest BCUT2D eigenvalue weighted by molar-refractivity contribution is 5.87. The van der Waals surface area contributed by atoms with Crippen LogP contribution in [0.4, 0.5) is 0 Å². The van der Waals surface area contributed by atoms with Crippen LogP contribution in [0.2, 0.25) is 0 Å². The molecule has 0 spiro atoms. The summed E-state index contributed by atoms with van der Waals surface area (Å²) < 4.78 is 20.9. The number of hydrogen-bond donors (Lipinski definition) is 8. The summed E-state index contributed by atoms with van der Waals surface area (Å²) in [6.45, 7) is 2.14. The Morgan fingerprint density at radius 2 is 1.29 bits per heavy atom. The topological polar surface area (TPSA) is 216 Å². The second-order valence-corrected chi connectivity index (χ2v) is 8.61. The van der Waals surface area contributed by atoms with Gasteiger partial charge in [0.1, 0.15) is 48.8 Å². The summed E-state index contributed by atoms with van der Waals surface area (Å²) >= 11 is 0. The quantitative estimate of drug-likeness (QED) is 0.0830. The molecule has 35 heavy (non-hydrogen) atoms. The van der Waals surface area contributed by atoms with Gasteiger partial charge in [0.25, 0.3) is 0 Å². The lowest BCUT2D eigenvalue weighted by Gasteiger charge is -2.39. The van der Waals surface area contributed by atoms with E-state index in [1.165, 1.54) is 6.92 Å². The third-order valence-corrected chi connectivity index (χ3v) is 5.92. The van der Waals surface area contributed by atoms with Crippen molar-refractivity contribution in [2.75, 3.05) is 19.8 Å². The van der Waals surface area contributed by atoms with Crippen LogP contribution in [0.15, 0.2) is 23.3 Å². The molecule has 0 aromatic carbocycles. The molecule has 2 fully saturated rings. The summed E-state index contributed by atoms with van der Waals surface area (Å²) in [4.78, 5) is 12.3. The van der Waals surface area contributed by atoms with Crippen LogP contribution in [0.3, 0.4) is 0 Å². The lowest BCUT2D eigenvalue weighted by molar-refractivity contribution is -0.298. The van der Waals surface area contributed by atoms with Crippen LogP contribution < -0.4 is 0 Å². The molecule has 0 bridgehead atoms. The largest absolute Gasteiger partial charge is 0.429 e. The van der Waals surface area contributed by atoms with Crippen molar-refractivity contribution in [3.8, 4) is 0 Å². The number of carbonyl (C=O) groups is 1. The van der Waals surface area contributed by atoms with Crippen molar-refractivity contribution >= 4 is 5.97 Å². The molecule has 0 aliphatic carbocycles. The summed E-state index contributed by atoms with van der Waals surface area (Å²) in [5.74, 6) is -0.804. The van der Waals surface area contributed by atoms with E-state index in [0.29, 0.717) is 12.8 Å². The van der Waals surface area contributed by atoms with Crippen LogP contribution in [0.5, 0.6) is 0 Å². The van der Waals surface area contributed by atoms with Gasteiger partial charge in [-0.25, -0.2) is 4.79 Å². The number of ether oxygens (including phenoxy) is 4. The van der Waals surface area contributed by atoms with Gasteiger partial charge in [0.2, 0.25) is 6.29 Å². The number of allylic oxidation sites excluding steroid dienone is 2. The molecule has 0 aromatic rings. The maximum Gasteiger partial charge on any atom is 0.335 e. The van der Waals surface area contributed by atoms with Crippen LogP contribution in [0.1, 0.15) is 26.7 Å². The molecular weight excluding hydrogens is 472 g/mol. The Hall–Kier alpha value is -1.49. The summed E-state index contributed by atoms with van der Waals surface area (Å²) in [5.41, 5.74) is 1.09. The predicted molar refractivity (Wildman–Crippen MR) is 116 cm³/mol. The Labute approximate surface area is 202 Å². The van der Waals surface area contributed by atoms with E-state index in [-0.39, 0.29) is 12.2 Å². The van der Waals surface area contributed by atoms with Crippen LogP contribution in [-0.4, -0.2) is 128 Å². The van der Waals surface area contributed by atoms with Crippen molar-refractivity contribution in [2.24, 2.45) is 0 Å². The fourth-order valence-electron chi connectivity index (χ4n) is 3.56. The van der Waals surface area contributed by atoms with Gasteiger partial charge in [-0.2, -0.15) is 0 Å². The number of hydrogen-bond acceptors (Lipinski definition) is 13. The van der Waals surface area contributed by atoms with Crippen molar-refractivity contribution < 1.29 is 64.6 Å². The van der Waals surface area contributed by atoms with Crippen molar-refractivity contribution in [2.45, 2.75) is 88.1 Å². The van der Waals surface area contributed by atoms with E-state index in [1.807, 2.05) is 6.92 Å². The molecule has 8 N–H and O–H groups in total. The van der Waals surface area contributed by atoms with Gasteiger partial charge in [-0.05, 0) is 26.7 Å². The van der Waals surface area contributed by atoms with Crippen molar-refractivity contribution in [3.63, 3.8) is 0 Å². The van der Waals surface area contributed by atoms with E-state index in [1.54, 1.807) is 12.2 Å². The molecular formula is C22H36O13. The summed E-state index contributed by atoms with van der Waals surface area (Å²) in [6.07, 6.45) is -10.1. The molecule has 0 saturated carbocycles. The Morgan fingerprint density at radius 3 is 1.83 bits per heavy atom. The molecule has 0 radical (unpaired) electrons. The Bertz CT molecular complexity index is 737. The van der Waals surface area contributed by atoms with Gasteiger partial charge in [-0.1, -0.05) is 17.7 Å². The highest BCUT2D eigenvalue weighted by Crippen LogP contribution is 2.24. The predicted octanol–water partition coefficient (Wildman–Crippen LogP) is -3.18. The highest BCUT2D eigenvalue weighted by atomic mass is 16.7. The molecule has 2 heterocycles. The van der Waals surface area contributed by atoms with E-state index in [4.69, 9.17) is 18.9 Å². The molecule has 13 heteroatoms. The number of rotatable bonds is 10. The molecule has 0 aromatic heterocycles. The van der Waals surface area contributed by atoms with Gasteiger partial charge in [-0.15, -0.1) is 0 Å².